The quantitative estimate of drug-likeness (QED) is 0.228. The normalized spacial score (nSPS) is 14.8. The highest BCUT2D eigenvalue weighted by Crippen LogP contribution is 2.27. The van der Waals surface area contributed by atoms with Crippen LogP contribution in [0.4, 0.5) is 0 Å². The third kappa shape index (κ3) is 6.86. The van der Waals surface area contributed by atoms with Gasteiger partial charge in [0.25, 0.3) is 0 Å². The number of nitrogens with zero attached hydrogens (tertiary/aromatic N) is 4. The van der Waals surface area contributed by atoms with E-state index in [-0.39, 0.29) is 30.1 Å². The molecule has 2 aromatic heterocycles. The Morgan fingerprint density at radius 2 is 2.14 bits per heavy atom. The zero-order chi connectivity index (χ0) is 19.9. The maximum atomic E-state index is 5.35. The van der Waals surface area contributed by atoms with E-state index in [9.17, 15) is 0 Å². The number of nitrogens with one attached hydrogen (secondary N) is 1. The molecule has 0 radical (unpaired) electrons. The van der Waals surface area contributed by atoms with Crippen LogP contribution in [0.15, 0.2) is 10.4 Å². The molecule has 0 aliphatic heterocycles. The van der Waals surface area contributed by atoms with Crippen LogP contribution in [-0.2, 0) is 30.5 Å². The molecular weight excluding hydrogens is 517 g/mol. The fourth-order valence-electron chi connectivity index (χ4n) is 3.34. The van der Waals surface area contributed by atoms with E-state index < -0.39 is 0 Å². The number of hydrogen-bond acceptors (Lipinski definition) is 6. The smallest absolute Gasteiger partial charge is 0.193 e. The van der Waals surface area contributed by atoms with Crippen LogP contribution >= 0.6 is 46.7 Å². The van der Waals surface area contributed by atoms with Crippen LogP contribution in [0.25, 0.3) is 0 Å². The summed E-state index contributed by atoms with van der Waals surface area (Å²) in [5, 5.41) is 7.87. The maximum absolute atomic E-state index is 5.35. The molecule has 2 aromatic rings. The Balaban J connectivity index is 0.00000300. The van der Waals surface area contributed by atoms with Gasteiger partial charge in [-0.1, -0.05) is 0 Å². The van der Waals surface area contributed by atoms with Gasteiger partial charge in [-0.25, -0.2) is 9.97 Å². The summed E-state index contributed by atoms with van der Waals surface area (Å²) in [7, 11) is 5.58. The number of halogens is 1. The summed E-state index contributed by atoms with van der Waals surface area (Å²) in [5.41, 5.74) is 2.41. The molecular formula is C20H32IN5OS2. The highest BCUT2D eigenvalue weighted by atomic mass is 127. The number of rotatable bonds is 8. The number of aliphatic imine (C=N–C) groups is 1. The fraction of sp³-hybridized carbons (Fsp3) is 0.650. The lowest BCUT2D eigenvalue weighted by Gasteiger charge is -2.21. The predicted molar refractivity (Wildman–Crippen MR) is 133 cm³/mol. The van der Waals surface area contributed by atoms with E-state index in [1.165, 1.54) is 41.3 Å². The first kappa shape index (κ1) is 24.5. The molecule has 0 bridgehead atoms. The maximum Gasteiger partial charge on any atom is 0.193 e. The minimum Gasteiger partial charge on any atom is -0.375 e. The summed E-state index contributed by atoms with van der Waals surface area (Å²) in [6.07, 6.45) is 7.15. The van der Waals surface area contributed by atoms with Gasteiger partial charge in [0.15, 0.2) is 5.96 Å². The van der Waals surface area contributed by atoms with E-state index in [1.54, 1.807) is 18.4 Å². The monoisotopic (exact) mass is 549 g/mol. The van der Waals surface area contributed by atoms with Crippen molar-refractivity contribution in [3.63, 3.8) is 0 Å². The molecule has 0 saturated heterocycles. The number of hydrogen-bond donors (Lipinski definition) is 1. The number of aryl methyl sites for hydroxylation is 3. The average molecular weight is 550 g/mol. The van der Waals surface area contributed by atoms with Gasteiger partial charge in [-0.05, 0) is 39.0 Å². The van der Waals surface area contributed by atoms with Gasteiger partial charge in [0.1, 0.15) is 11.1 Å². The second-order valence-corrected chi connectivity index (χ2v) is 9.23. The molecule has 9 heteroatoms. The van der Waals surface area contributed by atoms with Gasteiger partial charge in [0.2, 0.25) is 0 Å². The minimum absolute atomic E-state index is 0. The molecule has 0 fully saturated rings. The van der Waals surface area contributed by atoms with Crippen LogP contribution in [0, 0.1) is 0 Å². The topological polar surface area (TPSA) is 62.6 Å². The lowest BCUT2D eigenvalue weighted by Crippen LogP contribution is -2.39. The zero-order valence-electron chi connectivity index (χ0n) is 17.7. The number of fused-ring (bicyclic) bond motifs is 1. The molecule has 29 heavy (non-hydrogen) atoms. The van der Waals surface area contributed by atoms with Crippen LogP contribution in [0.1, 0.15) is 58.6 Å². The van der Waals surface area contributed by atoms with E-state index in [1.807, 2.05) is 32.4 Å². The predicted octanol–water partition coefficient (Wildman–Crippen LogP) is 4.44. The zero-order valence-corrected chi connectivity index (χ0v) is 21.7. The van der Waals surface area contributed by atoms with E-state index in [0.717, 1.165) is 42.6 Å². The number of ether oxygens (including phenoxy) is 1. The van der Waals surface area contributed by atoms with Crippen LogP contribution < -0.4 is 5.32 Å². The van der Waals surface area contributed by atoms with E-state index >= 15 is 0 Å². The van der Waals surface area contributed by atoms with Crippen LogP contribution in [-0.4, -0.2) is 48.6 Å². The molecule has 1 unspecified atom stereocenters. The van der Waals surface area contributed by atoms with Gasteiger partial charge < -0.3 is 15.0 Å². The van der Waals surface area contributed by atoms with Crippen molar-refractivity contribution in [2.24, 2.45) is 4.99 Å². The van der Waals surface area contributed by atoms with Gasteiger partial charge in [-0.15, -0.1) is 46.7 Å². The first-order valence-corrected chi connectivity index (χ1v) is 11.7. The third-order valence-electron chi connectivity index (χ3n) is 4.98. The van der Waals surface area contributed by atoms with Crippen molar-refractivity contribution in [1.29, 1.82) is 0 Å². The molecule has 0 spiro atoms. The Hall–Kier alpha value is -0.780. The molecule has 1 N–H and O–H groups in total. The fourth-order valence-corrected chi connectivity index (χ4v) is 5.38. The largest absolute Gasteiger partial charge is 0.375 e. The molecule has 0 amide bonds. The molecule has 6 nitrogen and oxygen atoms in total. The SMILES string of the molecule is CN=C(NCCCc1nc2c(s1)CCCC2)N(C)Cc1csc(C(C)OC)n1.I. The average Bonchev–Trinajstić information content (AvgIpc) is 3.33. The molecule has 2 heterocycles. The summed E-state index contributed by atoms with van der Waals surface area (Å²) in [4.78, 5) is 17.5. The first-order valence-electron chi connectivity index (χ1n) is 9.97. The number of methoxy groups -OCH3 is 1. The number of aromatic nitrogens is 2. The second-order valence-electron chi connectivity index (χ2n) is 7.17. The summed E-state index contributed by atoms with van der Waals surface area (Å²) >= 11 is 3.56. The summed E-state index contributed by atoms with van der Waals surface area (Å²) < 4.78 is 5.35. The van der Waals surface area contributed by atoms with Crippen LogP contribution in [0.2, 0.25) is 0 Å². The molecule has 1 aliphatic carbocycles. The van der Waals surface area contributed by atoms with Crippen molar-refractivity contribution in [2.45, 2.75) is 58.1 Å². The van der Waals surface area contributed by atoms with Crippen molar-refractivity contribution in [2.75, 3.05) is 27.7 Å². The molecule has 3 rings (SSSR count). The standard InChI is InChI=1S/C20H31N5OS2.HI/c1-14(26-4)19-23-15(13-27-19)12-25(3)20(21-2)22-11-7-10-18-24-16-8-5-6-9-17(16)28-18;/h13-14H,5-12H2,1-4H3,(H,21,22);1H. The number of guanidine groups is 1. The summed E-state index contributed by atoms with van der Waals surface area (Å²) in [6, 6.07) is 0. The van der Waals surface area contributed by atoms with Crippen molar-refractivity contribution in [1.82, 2.24) is 20.2 Å². The summed E-state index contributed by atoms with van der Waals surface area (Å²) in [5.74, 6) is 0.896. The second kappa shape index (κ2) is 12.2. The van der Waals surface area contributed by atoms with Crippen molar-refractivity contribution >= 4 is 52.6 Å². The van der Waals surface area contributed by atoms with Gasteiger partial charge in [-0.2, -0.15) is 0 Å². The van der Waals surface area contributed by atoms with E-state index in [0.29, 0.717) is 0 Å². The molecule has 0 saturated carbocycles. The van der Waals surface area contributed by atoms with Crippen LogP contribution in [0.3, 0.4) is 0 Å². The Morgan fingerprint density at radius 1 is 1.34 bits per heavy atom. The summed E-state index contributed by atoms with van der Waals surface area (Å²) in [6.45, 7) is 3.64. The molecule has 1 atom stereocenters. The number of thiazole rings is 2. The van der Waals surface area contributed by atoms with Gasteiger partial charge in [0, 0.05) is 44.4 Å². The van der Waals surface area contributed by atoms with Crippen LogP contribution in [0.5, 0.6) is 0 Å². The van der Waals surface area contributed by atoms with Crippen molar-refractivity contribution in [3.8, 4) is 0 Å². The Morgan fingerprint density at radius 3 is 2.86 bits per heavy atom. The lowest BCUT2D eigenvalue weighted by atomic mass is 10.0. The third-order valence-corrected chi connectivity index (χ3v) is 7.26. The van der Waals surface area contributed by atoms with Gasteiger partial charge in [0.05, 0.1) is 22.9 Å². The van der Waals surface area contributed by atoms with E-state index in [2.05, 4.69) is 25.6 Å². The highest BCUT2D eigenvalue weighted by Gasteiger charge is 2.15. The van der Waals surface area contributed by atoms with Crippen molar-refractivity contribution in [3.05, 3.63) is 31.7 Å². The molecule has 0 aromatic carbocycles. The van der Waals surface area contributed by atoms with Gasteiger partial charge in [-0.3, -0.25) is 4.99 Å². The molecule has 1 aliphatic rings. The molecule has 162 valence electrons. The minimum atomic E-state index is 0. The Labute approximate surface area is 199 Å². The highest BCUT2D eigenvalue weighted by molar-refractivity contribution is 14.0. The Bertz CT molecular complexity index is 768. The van der Waals surface area contributed by atoms with Crippen molar-refractivity contribution < 1.29 is 4.74 Å². The van der Waals surface area contributed by atoms with E-state index in [4.69, 9.17) is 9.72 Å². The first-order chi connectivity index (χ1) is 13.6. The Kier molecular flexibility index (Phi) is 10.3. The lowest BCUT2D eigenvalue weighted by molar-refractivity contribution is 0.119. The van der Waals surface area contributed by atoms with Gasteiger partial charge >= 0.3 is 0 Å².